The molecule has 0 fully saturated rings. The fourth-order valence-corrected chi connectivity index (χ4v) is 2.43. The third-order valence-corrected chi connectivity index (χ3v) is 3.52. The van der Waals surface area contributed by atoms with E-state index in [9.17, 15) is 0 Å². The van der Waals surface area contributed by atoms with Crippen LogP contribution in [0.4, 0.5) is 5.69 Å². The van der Waals surface area contributed by atoms with Crippen molar-refractivity contribution in [2.75, 3.05) is 5.32 Å². The second-order valence-corrected chi connectivity index (χ2v) is 5.95. The number of nitrogens with zero attached hydrogens (tertiary/aromatic N) is 1. The quantitative estimate of drug-likeness (QED) is 0.761. The Balaban J connectivity index is 2.26. The molecule has 1 atom stereocenters. The zero-order chi connectivity index (χ0) is 14.5. The molecule has 1 unspecified atom stereocenters. The van der Waals surface area contributed by atoms with Crippen molar-refractivity contribution in [2.45, 2.75) is 33.2 Å². The number of hydrogen-bond donors (Lipinski definition) is 1. The lowest BCUT2D eigenvalue weighted by molar-refractivity contribution is 0.531. The van der Waals surface area contributed by atoms with Gasteiger partial charge in [0.1, 0.15) is 0 Å². The molecule has 1 aromatic heterocycles. The number of hydrogen-bond acceptors (Lipinski definition) is 2. The predicted octanol–water partition coefficient (Wildman–Crippen LogP) is 5.24. The topological polar surface area (TPSA) is 24.9 Å². The van der Waals surface area contributed by atoms with Crippen LogP contribution in [-0.2, 0) is 0 Å². The molecule has 2 rings (SSSR count). The van der Waals surface area contributed by atoms with E-state index in [1.165, 1.54) is 5.56 Å². The Bertz CT molecular complexity index is 552. The first-order valence-corrected chi connectivity index (χ1v) is 7.37. The van der Waals surface area contributed by atoms with E-state index in [0.29, 0.717) is 11.1 Å². The van der Waals surface area contributed by atoms with Crippen LogP contribution in [0.2, 0.25) is 5.15 Å². The summed E-state index contributed by atoms with van der Waals surface area (Å²) in [6, 6.07) is 12.8. The van der Waals surface area contributed by atoms with Crippen LogP contribution in [0, 0.1) is 12.8 Å². The van der Waals surface area contributed by atoms with E-state index in [1.807, 2.05) is 19.1 Å². The molecule has 0 saturated heterocycles. The summed E-state index contributed by atoms with van der Waals surface area (Å²) in [4.78, 5) is 4.21. The third kappa shape index (κ3) is 3.97. The van der Waals surface area contributed by atoms with Gasteiger partial charge in [0.25, 0.3) is 0 Å². The van der Waals surface area contributed by atoms with Gasteiger partial charge < -0.3 is 5.32 Å². The highest BCUT2D eigenvalue weighted by atomic mass is 35.5. The van der Waals surface area contributed by atoms with Gasteiger partial charge in [-0.05, 0) is 36.5 Å². The number of aromatic nitrogens is 1. The Labute approximate surface area is 126 Å². The highest BCUT2D eigenvalue weighted by Gasteiger charge is 2.15. The highest BCUT2D eigenvalue weighted by Crippen LogP contribution is 2.29. The fourth-order valence-electron chi connectivity index (χ4n) is 2.28. The lowest BCUT2D eigenvalue weighted by Crippen LogP contribution is -2.14. The normalized spacial score (nSPS) is 12.4. The molecular formula is C17H21ClN2. The minimum atomic E-state index is 0.247. The Hall–Kier alpha value is -1.54. The first-order chi connectivity index (χ1) is 9.56. The Kier molecular flexibility index (Phi) is 5.02. The van der Waals surface area contributed by atoms with Crippen molar-refractivity contribution < 1.29 is 0 Å². The molecule has 20 heavy (non-hydrogen) atoms. The van der Waals surface area contributed by atoms with Gasteiger partial charge in [-0.3, -0.25) is 0 Å². The van der Waals surface area contributed by atoms with Gasteiger partial charge in [0.05, 0.1) is 11.7 Å². The molecule has 0 aliphatic carbocycles. The van der Waals surface area contributed by atoms with E-state index >= 15 is 0 Å². The largest absolute Gasteiger partial charge is 0.376 e. The average molecular weight is 289 g/mol. The summed E-state index contributed by atoms with van der Waals surface area (Å²) in [5.41, 5.74) is 3.29. The van der Waals surface area contributed by atoms with Crippen LogP contribution in [0.15, 0.2) is 42.6 Å². The maximum Gasteiger partial charge on any atom is 0.152 e. The molecule has 2 aromatic rings. The van der Waals surface area contributed by atoms with Crippen molar-refractivity contribution in [2.24, 2.45) is 5.92 Å². The van der Waals surface area contributed by atoms with Gasteiger partial charge in [-0.1, -0.05) is 55.8 Å². The molecule has 0 saturated carbocycles. The summed E-state index contributed by atoms with van der Waals surface area (Å²) in [5, 5.41) is 4.07. The van der Waals surface area contributed by atoms with Gasteiger partial charge >= 0.3 is 0 Å². The number of halogens is 1. The van der Waals surface area contributed by atoms with Gasteiger partial charge in [0.2, 0.25) is 0 Å². The Morgan fingerprint density at radius 2 is 1.90 bits per heavy atom. The number of rotatable bonds is 5. The second kappa shape index (κ2) is 6.76. The lowest BCUT2D eigenvalue weighted by Gasteiger charge is -2.23. The number of pyridine rings is 1. The first-order valence-electron chi connectivity index (χ1n) is 7.00. The molecule has 1 heterocycles. The standard InChI is InChI=1S/C17H21ClN2/c1-12(2)9-15(14-7-5-4-6-8-14)20-16-10-13(3)11-19-17(16)18/h4-8,10-12,15,20H,9H2,1-3H3. The first kappa shape index (κ1) is 14.9. The summed E-state index contributed by atoms with van der Waals surface area (Å²) in [6.45, 7) is 6.48. The zero-order valence-electron chi connectivity index (χ0n) is 12.2. The Morgan fingerprint density at radius 1 is 1.20 bits per heavy atom. The van der Waals surface area contributed by atoms with E-state index in [2.05, 4.69) is 48.4 Å². The maximum absolute atomic E-state index is 6.19. The molecule has 3 heteroatoms. The minimum absolute atomic E-state index is 0.247. The summed E-state index contributed by atoms with van der Waals surface area (Å²) in [5.74, 6) is 0.601. The monoisotopic (exact) mass is 288 g/mol. The molecule has 0 bridgehead atoms. The second-order valence-electron chi connectivity index (χ2n) is 5.59. The smallest absolute Gasteiger partial charge is 0.152 e. The van der Waals surface area contributed by atoms with Crippen molar-refractivity contribution in [3.05, 3.63) is 58.9 Å². The van der Waals surface area contributed by atoms with Crippen molar-refractivity contribution in [1.29, 1.82) is 0 Å². The zero-order valence-corrected chi connectivity index (χ0v) is 13.0. The van der Waals surface area contributed by atoms with Gasteiger partial charge in [-0.15, -0.1) is 0 Å². The molecule has 106 valence electrons. The van der Waals surface area contributed by atoms with Gasteiger partial charge in [-0.25, -0.2) is 4.98 Å². The Morgan fingerprint density at radius 3 is 2.55 bits per heavy atom. The molecule has 0 aliphatic rings. The third-order valence-electron chi connectivity index (χ3n) is 3.21. The molecule has 1 aromatic carbocycles. The lowest BCUT2D eigenvalue weighted by atomic mass is 9.97. The molecule has 0 radical (unpaired) electrons. The van der Waals surface area contributed by atoms with Gasteiger partial charge in [0, 0.05) is 6.20 Å². The van der Waals surface area contributed by atoms with E-state index in [1.54, 1.807) is 6.20 Å². The number of benzene rings is 1. The van der Waals surface area contributed by atoms with Crippen LogP contribution >= 0.6 is 11.6 Å². The van der Waals surface area contributed by atoms with Gasteiger partial charge in [0.15, 0.2) is 5.15 Å². The van der Waals surface area contributed by atoms with E-state index in [-0.39, 0.29) is 6.04 Å². The van der Waals surface area contributed by atoms with Crippen LogP contribution in [0.1, 0.15) is 37.4 Å². The number of aryl methyl sites for hydroxylation is 1. The summed E-state index contributed by atoms with van der Waals surface area (Å²) >= 11 is 6.19. The summed E-state index contributed by atoms with van der Waals surface area (Å²) in [7, 11) is 0. The van der Waals surface area contributed by atoms with Gasteiger partial charge in [-0.2, -0.15) is 0 Å². The van der Waals surface area contributed by atoms with E-state index in [4.69, 9.17) is 11.6 Å². The summed E-state index contributed by atoms with van der Waals surface area (Å²) in [6.07, 6.45) is 2.84. The highest BCUT2D eigenvalue weighted by molar-refractivity contribution is 6.31. The number of anilines is 1. The van der Waals surface area contributed by atoms with Crippen LogP contribution in [0.25, 0.3) is 0 Å². The van der Waals surface area contributed by atoms with Crippen molar-refractivity contribution in [1.82, 2.24) is 4.98 Å². The minimum Gasteiger partial charge on any atom is -0.376 e. The van der Waals surface area contributed by atoms with Crippen LogP contribution < -0.4 is 5.32 Å². The fraction of sp³-hybridized carbons (Fsp3) is 0.353. The molecular weight excluding hydrogens is 268 g/mol. The number of nitrogens with one attached hydrogen (secondary N) is 1. The SMILES string of the molecule is Cc1cnc(Cl)c(NC(CC(C)C)c2ccccc2)c1. The molecule has 0 amide bonds. The van der Waals surface area contributed by atoms with Crippen molar-refractivity contribution in [3.63, 3.8) is 0 Å². The molecule has 0 spiro atoms. The molecule has 1 N–H and O–H groups in total. The van der Waals surface area contributed by atoms with Crippen LogP contribution in [0.5, 0.6) is 0 Å². The summed E-state index contributed by atoms with van der Waals surface area (Å²) < 4.78 is 0. The van der Waals surface area contributed by atoms with Crippen molar-refractivity contribution in [3.8, 4) is 0 Å². The van der Waals surface area contributed by atoms with Crippen LogP contribution in [0.3, 0.4) is 0 Å². The molecule has 2 nitrogen and oxygen atoms in total. The maximum atomic E-state index is 6.19. The average Bonchev–Trinajstić information content (AvgIpc) is 2.42. The van der Waals surface area contributed by atoms with E-state index in [0.717, 1.165) is 17.7 Å². The predicted molar refractivity (Wildman–Crippen MR) is 86.2 cm³/mol. The van der Waals surface area contributed by atoms with Crippen molar-refractivity contribution >= 4 is 17.3 Å². The van der Waals surface area contributed by atoms with E-state index < -0.39 is 0 Å². The molecule has 0 aliphatic heterocycles. The van der Waals surface area contributed by atoms with Crippen LogP contribution in [-0.4, -0.2) is 4.98 Å².